The predicted octanol–water partition coefficient (Wildman–Crippen LogP) is -0.374. The topological polar surface area (TPSA) is 57.5 Å². The Hall–Kier alpha value is -1.20. The third kappa shape index (κ3) is 1.76. The Morgan fingerprint density at radius 2 is 2.08 bits per heavy atom. The lowest BCUT2D eigenvalue weighted by Crippen LogP contribution is -2.33. The van der Waals surface area contributed by atoms with Crippen LogP contribution < -0.4 is 5.46 Å². The largest absolute Gasteiger partial charge is 0.491 e. The van der Waals surface area contributed by atoms with Crippen LogP contribution in [0.25, 0.3) is 0 Å². The van der Waals surface area contributed by atoms with E-state index in [2.05, 4.69) is 0 Å². The highest BCUT2D eigenvalue weighted by Crippen LogP contribution is 2.08. The van der Waals surface area contributed by atoms with Gasteiger partial charge in [0.2, 0.25) is 0 Å². The zero-order valence-corrected chi connectivity index (χ0v) is 6.99. The van der Waals surface area contributed by atoms with Crippen LogP contribution in [0.2, 0.25) is 0 Å². The van der Waals surface area contributed by atoms with E-state index in [0.717, 1.165) is 0 Å². The van der Waals surface area contributed by atoms with Gasteiger partial charge in [0.25, 0.3) is 0 Å². The molecule has 0 bridgehead atoms. The van der Waals surface area contributed by atoms with E-state index in [9.17, 15) is 9.18 Å². The zero-order valence-electron chi connectivity index (χ0n) is 6.99. The third-order valence-corrected chi connectivity index (χ3v) is 1.86. The molecule has 0 aromatic heterocycles. The Kier molecular flexibility index (Phi) is 2.80. The van der Waals surface area contributed by atoms with Crippen molar-refractivity contribution < 1.29 is 19.2 Å². The van der Waals surface area contributed by atoms with Gasteiger partial charge < -0.3 is 10.0 Å². The summed E-state index contributed by atoms with van der Waals surface area (Å²) in [5.41, 5.74) is 0.116. The second-order valence-corrected chi connectivity index (χ2v) is 2.67. The Bertz CT molecular complexity index is 338. The second-order valence-electron chi connectivity index (χ2n) is 2.67. The second kappa shape index (κ2) is 3.68. The van der Waals surface area contributed by atoms with Gasteiger partial charge in [-0.15, -0.1) is 0 Å². The molecule has 0 heterocycles. The summed E-state index contributed by atoms with van der Waals surface area (Å²) in [4.78, 5) is 10.4. The van der Waals surface area contributed by atoms with Gasteiger partial charge in [0.1, 0.15) is 12.1 Å². The fraction of sp³-hybridized carbons (Fsp3) is 0.125. The summed E-state index contributed by atoms with van der Waals surface area (Å²) < 4.78 is 13.2. The molecule has 1 aromatic carbocycles. The number of carbonyl (C=O) groups is 1. The van der Waals surface area contributed by atoms with Crippen LogP contribution >= 0.6 is 0 Å². The number of halogens is 1. The van der Waals surface area contributed by atoms with Crippen LogP contribution in [0.4, 0.5) is 4.39 Å². The van der Waals surface area contributed by atoms with Crippen molar-refractivity contribution in [2.75, 3.05) is 0 Å². The summed E-state index contributed by atoms with van der Waals surface area (Å²) in [6.07, 6.45) is 0.520. The number of aldehydes is 1. The minimum absolute atomic E-state index is 0.126. The van der Waals surface area contributed by atoms with Gasteiger partial charge in [-0.25, -0.2) is 4.39 Å². The smallest absolute Gasteiger partial charge is 0.423 e. The zero-order chi connectivity index (χ0) is 10.0. The SMILES string of the molecule is Cc1c(C=O)ccc(B(O)O)c1F. The average Bonchev–Trinajstić information content (AvgIpc) is 2.09. The van der Waals surface area contributed by atoms with E-state index in [0.29, 0.717) is 6.29 Å². The monoisotopic (exact) mass is 182 g/mol. The van der Waals surface area contributed by atoms with Crippen LogP contribution in [0.15, 0.2) is 12.1 Å². The van der Waals surface area contributed by atoms with Crippen molar-refractivity contribution in [3.63, 3.8) is 0 Å². The van der Waals surface area contributed by atoms with Crippen LogP contribution in [-0.4, -0.2) is 23.5 Å². The van der Waals surface area contributed by atoms with E-state index in [4.69, 9.17) is 10.0 Å². The van der Waals surface area contributed by atoms with E-state index >= 15 is 0 Å². The van der Waals surface area contributed by atoms with Crippen LogP contribution in [0.1, 0.15) is 15.9 Å². The summed E-state index contributed by atoms with van der Waals surface area (Å²) in [5, 5.41) is 17.4. The minimum Gasteiger partial charge on any atom is -0.423 e. The fourth-order valence-corrected chi connectivity index (χ4v) is 1.05. The maximum Gasteiger partial charge on any atom is 0.491 e. The maximum absolute atomic E-state index is 13.2. The Balaban J connectivity index is 3.31. The summed E-state index contributed by atoms with van der Waals surface area (Å²) in [5.74, 6) is -0.750. The van der Waals surface area contributed by atoms with E-state index in [1.165, 1.54) is 19.1 Å². The maximum atomic E-state index is 13.2. The summed E-state index contributed by atoms with van der Waals surface area (Å²) in [6, 6.07) is 2.52. The van der Waals surface area contributed by atoms with Gasteiger partial charge in [-0.2, -0.15) is 0 Å². The van der Waals surface area contributed by atoms with Gasteiger partial charge in [-0.3, -0.25) is 4.79 Å². The molecule has 0 atom stereocenters. The van der Waals surface area contributed by atoms with Crippen molar-refractivity contribution in [2.24, 2.45) is 0 Å². The standard InChI is InChI=1S/C8H8BFO3/c1-5-6(4-11)2-3-7(8(5)10)9(12)13/h2-4,12-13H,1H3. The molecule has 5 heteroatoms. The van der Waals surface area contributed by atoms with E-state index < -0.39 is 12.9 Å². The molecule has 0 aliphatic heterocycles. The van der Waals surface area contributed by atoms with Gasteiger partial charge >= 0.3 is 7.12 Å². The highest BCUT2D eigenvalue weighted by atomic mass is 19.1. The molecule has 0 saturated carbocycles. The first-order chi connectivity index (χ1) is 6.07. The van der Waals surface area contributed by atoms with Crippen LogP contribution in [0.3, 0.4) is 0 Å². The number of benzene rings is 1. The van der Waals surface area contributed by atoms with Crippen molar-refractivity contribution in [2.45, 2.75) is 6.92 Å². The molecular formula is C8H8BFO3. The summed E-state index contributed by atoms with van der Waals surface area (Å²) >= 11 is 0. The molecule has 0 amide bonds. The first kappa shape index (κ1) is 9.89. The molecule has 0 spiro atoms. The molecule has 0 unspecified atom stereocenters. The summed E-state index contributed by atoms with van der Waals surface area (Å²) in [6.45, 7) is 1.41. The number of rotatable bonds is 2. The lowest BCUT2D eigenvalue weighted by Gasteiger charge is -2.05. The first-order valence-electron chi connectivity index (χ1n) is 3.68. The molecule has 1 aromatic rings. The van der Waals surface area contributed by atoms with Gasteiger partial charge in [0.15, 0.2) is 0 Å². The van der Waals surface area contributed by atoms with Crippen molar-refractivity contribution >= 4 is 18.9 Å². The molecule has 0 aliphatic rings. The van der Waals surface area contributed by atoms with E-state index in [1.807, 2.05) is 0 Å². The Morgan fingerprint density at radius 1 is 1.46 bits per heavy atom. The van der Waals surface area contributed by atoms with Gasteiger partial charge in [0, 0.05) is 11.0 Å². The molecule has 0 saturated heterocycles. The van der Waals surface area contributed by atoms with Crippen molar-refractivity contribution in [1.82, 2.24) is 0 Å². The molecule has 2 N–H and O–H groups in total. The van der Waals surface area contributed by atoms with Crippen LogP contribution in [0, 0.1) is 12.7 Å². The molecule has 0 fully saturated rings. The third-order valence-electron chi connectivity index (χ3n) is 1.86. The summed E-state index contributed by atoms with van der Waals surface area (Å²) in [7, 11) is -1.85. The molecule has 68 valence electrons. The molecule has 1 rings (SSSR count). The predicted molar refractivity (Wildman–Crippen MR) is 46.4 cm³/mol. The van der Waals surface area contributed by atoms with Crippen LogP contribution in [-0.2, 0) is 0 Å². The van der Waals surface area contributed by atoms with Crippen molar-refractivity contribution in [3.8, 4) is 0 Å². The molecule has 0 radical (unpaired) electrons. The highest BCUT2D eigenvalue weighted by Gasteiger charge is 2.18. The Morgan fingerprint density at radius 3 is 2.54 bits per heavy atom. The van der Waals surface area contributed by atoms with Gasteiger partial charge in [-0.05, 0) is 12.5 Å². The van der Waals surface area contributed by atoms with E-state index in [1.54, 1.807) is 0 Å². The number of hydrogen-bond donors (Lipinski definition) is 2. The van der Waals surface area contributed by atoms with Gasteiger partial charge in [-0.1, -0.05) is 12.1 Å². The lowest BCUT2D eigenvalue weighted by atomic mass is 9.78. The van der Waals surface area contributed by atoms with Crippen LogP contribution in [0.5, 0.6) is 0 Å². The average molecular weight is 182 g/mol. The fourth-order valence-electron chi connectivity index (χ4n) is 1.05. The number of carbonyl (C=O) groups excluding carboxylic acids is 1. The molecule has 3 nitrogen and oxygen atoms in total. The van der Waals surface area contributed by atoms with Crippen molar-refractivity contribution in [1.29, 1.82) is 0 Å². The molecular weight excluding hydrogens is 174 g/mol. The normalized spacial score (nSPS) is 9.85. The quantitative estimate of drug-likeness (QED) is 0.484. The Labute approximate surface area is 75.0 Å². The number of hydrogen-bond acceptors (Lipinski definition) is 3. The highest BCUT2D eigenvalue weighted by molar-refractivity contribution is 6.58. The first-order valence-corrected chi connectivity index (χ1v) is 3.68. The van der Waals surface area contributed by atoms with Crippen molar-refractivity contribution in [3.05, 3.63) is 29.1 Å². The van der Waals surface area contributed by atoms with Gasteiger partial charge in [0.05, 0.1) is 0 Å². The lowest BCUT2D eigenvalue weighted by molar-refractivity contribution is 0.112. The van der Waals surface area contributed by atoms with E-state index in [-0.39, 0.29) is 16.6 Å². The molecule has 13 heavy (non-hydrogen) atoms. The minimum atomic E-state index is -1.85. The molecule has 0 aliphatic carbocycles.